The Labute approximate surface area is 150 Å². The smallest absolute Gasteiger partial charge is 0.220 e. The lowest BCUT2D eigenvalue weighted by Crippen LogP contribution is -2.42. The zero-order chi connectivity index (χ0) is 16.8. The molecule has 0 radical (unpaired) electrons. The summed E-state index contributed by atoms with van der Waals surface area (Å²) in [6.45, 7) is 8.77. The van der Waals surface area contributed by atoms with Gasteiger partial charge >= 0.3 is 0 Å². The minimum atomic E-state index is -1.95. The van der Waals surface area contributed by atoms with Crippen molar-refractivity contribution in [2.75, 3.05) is 0 Å². The highest BCUT2D eigenvalue weighted by atomic mass is 35.5. The lowest BCUT2D eigenvalue weighted by molar-refractivity contribution is 0.165. The van der Waals surface area contributed by atoms with Crippen LogP contribution in [0.25, 0.3) is 0 Å². The molecule has 0 heterocycles. The molecule has 0 bridgehead atoms. The van der Waals surface area contributed by atoms with Gasteiger partial charge in [0, 0.05) is 6.10 Å². The van der Waals surface area contributed by atoms with Crippen LogP contribution in [0.15, 0.2) is 0 Å². The first-order valence-corrected chi connectivity index (χ1v) is 13.3. The molecule has 0 fully saturated rings. The number of unbranched alkanes of at least 4 members (excludes halogenated alkanes) is 8. The maximum absolute atomic E-state index is 6.34. The van der Waals surface area contributed by atoms with E-state index < -0.39 is 8.32 Å². The maximum Gasteiger partial charge on any atom is 0.220 e. The molecule has 0 saturated heterocycles. The van der Waals surface area contributed by atoms with E-state index in [1.54, 1.807) is 0 Å². The molecular weight excluding hydrogens is 331 g/mol. The molecule has 1 unspecified atom stereocenters. The molecule has 0 aliphatic rings. The third-order valence-electron chi connectivity index (χ3n) is 4.26. The van der Waals surface area contributed by atoms with Gasteiger partial charge in [-0.25, -0.2) is 0 Å². The van der Waals surface area contributed by atoms with Gasteiger partial charge in [0.2, 0.25) is 8.32 Å². The van der Waals surface area contributed by atoms with Gasteiger partial charge in [0.05, 0.1) is 0 Å². The Morgan fingerprint density at radius 1 is 0.727 bits per heavy atom. The van der Waals surface area contributed by atoms with E-state index in [1.165, 1.54) is 70.6 Å². The van der Waals surface area contributed by atoms with E-state index in [9.17, 15) is 0 Å². The molecule has 1 nitrogen and oxygen atoms in total. The van der Waals surface area contributed by atoms with Crippen molar-refractivity contribution in [2.45, 2.75) is 115 Å². The molecule has 0 rings (SSSR count). The molecule has 1 atom stereocenters. The SMILES string of the molecule is CCCCCCCCCCC(CCCC)O[Si](C)(C)C(Cl)Cl. The van der Waals surface area contributed by atoms with Crippen molar-refractivity contribution in [3.05, 3.63) is 0 Å². The van der Waals surface area contributed by atoms with E-state index in [1.807, 2.05) is 0 Å². The summed E-state index contributed by atoms with van der Waals surface area (Å²) in [6, 6.07) is 0. The van der Waals surface area contributed by atoms with Crippen molar-refractivity contribution < 1.29 is 4.43 Å². The van der Waals surface area contributed by atoms with Crippen LogP contribution in [0.2, 0.25) is 13.1 Å². The molecule has 0 aromatic heterocycles. The normalized spacial score (nSPS) is 13.8. The lowest BCUT2D eigenvalue weighted by atomic mass is 10.0. The monoisotopic (exact) mass is 368 g/mol. The highest BCUT2D eigenvalue weighted by Crippen LogP contribution is 2.25. The first-order valence-electron chi connectivity index (χ1n) is 9.40. The number of rotatable bonds is 15. The molecule has 0 saturated carbocycles. The van der Waals surface area contributed by atoms with Crippen LogP contribution in [0.4, 0.5) is 0 Å². The summed E-state index contributed by atoms with van der Waals surface area (Å²) in [5, 5.41) is 0. The van der Waals surface area contributed by atoms with Crippen molar-refractivity contribution in [3.63, 3.8) is 0 Å². The molecule has 134 valence electrons. The summed E-state index contributed by atoms with van der Waals surface area (Å²) in [7, 11) is -1.95. The van der Waals surface area contributed by atoms with E-state index in [0.29, 0.717) is 6.10 Å². The average Bonchev–Trinajstić information content (AvgIpc) is 2.46. The molecule has 0 aliphatic heterocycles. The summed E-state index contributed by atoms with van der Waals surface area (Å²) in [5.41, 5.74) is 0. The van der Waals surface area contributed by atoms with E-state index in [0.717, 1.165) is 6.42 Å². The predicted molar refractivity (Wildman–Crippen MR) is 105 cm³/mol. The van der Waals surface area contributed by atoms with Gasteiger partial charge in [-0.05, 0) is 25.9 Å². The molecule has 0 N–H and O–H groups in total. The molecular formula is C18H38Cl2OSi. The fourth-order valence-electron chi connectivity index (χ4n) is 2.68. The Balaban J connectivity index is 3.90. The van der Waals surface area contributed by atoms with Crippen LogP contribution in [0, 0.1) is 0 Å². The molecule has 22 heavy (non-hydrogen) atoms. The summed E-state index contributed by atoms with van der Waals surface area (Å²) in [4.78, 5) is 0. The first kappa shape index (κ1) is 22.8. The van der Waals surface area contributed by atoms with Crippen LogP contribution < -0.4 is 0 Å². The van der Waals surface area contributed by atoms with Crippen molar-refractivity contribution in [1.29, 1.82) is 0 Å². The van der Waals surface area contributed by atoms with Crippen molar-refractivity contribution >= 4 is 31.5 Å². The van der Waals surface area contributed by atoms with Gasteiger partial charge in [-0.15, -0.1) is 23.2 Å². The average molecular weight is 369 g/mol. The first-order chi connectivity index (χ1) is 10.4. The highest BCUT2D eigenvalue weighted by Gasteiger charge is 2.33. The highest BCUT2D eigenvalue weighted by molar-refractivity contribution is 6.88. The number of hydrogen-bond donors (Lipinski definition) is 0. The van der Waals surface area contributed by atoms with E-state index >= 15 is 0 Å². The maximum atomic E-state index is 6.34. The third-order valence-corrected chi connectivity index (χ3v) is 9.40. The van der Waals surface area contributed by atoms with Gasteiger partial charge in [0.15, 0.2) is 0 Å². The summed E-state index contributed by atoms with van der Waals surface area (Å²) >= 11 is 12.2. The second-order valence-corrected chi connectivity index (χ2v) is 12.9. The molecule has 0 aromatic carbocycles. The summed E-state index contributed by atoms with van der Waals surface area (Å²) in [5.74, 6) is 0. The second-order valence-electron chi connectivity index (χ2n) is 7.05. The Kier molecular flexibility index (Phi) is 14.6. The predicted octanol–water partition coefficient (Wildman–Crippen LogP) is 7.64. The van der Waals surface area contributed by atoms with Gasteiger partial charge in [-0.3, -0.25) is 0 Å². The molecule has 4 heteroatoms. The second kappa shape index (κ2) is 14.1. The summed E-state index contributed by atoms with van der Waals surface area (Å²) < 4.78 is 6.00. The van der Waals surface area contributed by atoms with E-state index in [2.05, 4.69) is 26.9 Å². The van der Waals surface area contributed by atoms with Crippen LogP contribution in [-0.2, 0) is 4.43 Å². The molecule has 0 amide bonds. The van der Waals surface area contributed by atoms with Crippen LogP contribution >= 0.6 is 23.2 Å². The summed E-state index contributed by atoms with van der Waals surface area (Å²) in [6.07, 6.45) is 16.1. The van der Waals surface area contributed by atoms with Gasteiger partial charge in [0.1, 0.15) is 4.46 Å². The third kappa shape index (κ3) is 12.2. The standard InChI is InChI=1S/C18H38Cl2OSi/c1-5-7-9-10-11-12-13-14-16-17(15-8-6-2)21-22(3,4)18(19)20/h17-18H,5-16H2,1-4H3. The largest absolute Gasteiger partial charge is 0.412 e. The number of alkyl halides is 2. The molecule has 0 aromatic rings. The molecule has 0 aliphatic carbocycles. The Hall–Kier alpha value is 0.757. The van der Waals surface area contributed by atoms with Crippen molar-refractivity contribution in [2.24, 2.45) is 0 Å². The van der Waals surface area contributed by atoms with Gasteiger partial charge in [0.25, 0.3) is 0 Å². The number of halogens is 2. The van der Waals surface area contributed by atoms with Crippen molar-refractivity contribution in [1.82, 2.24) is 0 Å². The molecule has 0 spiro atoms. The topological polar surface area (TPSA) is 9.23 Å². The minimum Gasteiger partial charge on any atom is -0.412 e. The van der Waals surface area contributed by atoms with Crippen molar-refractivity contribution in [3.8, 4) is 0 Å². The van der Waals surface area contributed by atoms with Crippen LogP contribution in [-0.4, -0.2) is 18.9 Å². The van der Waals surface area contributed by atoms with Gasteiger partial charge < -0.3 is 4.43 Å². The minimum absolute atomic E-state index is 0.338. The quantitative estimate of drug-likeness (QED) is 0.164. The van der Waals surface area contributed by atoms with E-state index in [4.69, 9.17) is 27.6 Å². The number of hydrogen-bond acceptors (Lipinski definition) is 1. The Morgan fingerprint density at radius 2 is 1.18 bits per heavy atom. The van der Waals surface area contributed by atoms with E-state index in [-0.39, 0.29) is 4.46 Å². The Bertz CT molecular complexity index is 247. The van der Waals surface area contributed by atoms with Gasteiger partial charge in [-0.2, -0.15) is 0 Å². The zero-order valence-corrected chi connectivity index (χ0v) is 17.8. The van der Waals surface area contributed by atoms with Crippen LogP contribution in [0.1, 0.15) is 90.9 Å². The lowest BCUT2D eigenvalue weighted by Gasteiger charge is -2.30. The fraction of sp³-hybridized carbons (Fsp3) is 1.00. The zero-order valence-electron chi connectivity index (χ0n) is 15.3. The van der Waals surface area contributed by atoms with Crippen LogP contribution in [0.5, 0.6) is 0 Å². The van der Waals surface area contributed by atoms with Gasteiger partial charge in [-0.1, -0.05) is 78.1 Å². The Morgan fingerprint density at radius 3 is 1.68 bits per heavy atom. The fourth-order valence-corrected chi connectivity index (χ4v) is 4.19. The van der Waals surface area contributed by atoms with Crippen LogP contribution in [0.3, 0.4) is 0 Å².